The smallest absolute Gasteiger partial charge is 0.303 e. The van der Waals surface area contributed by atoms with Gasteiger partial charge >= 0.3 is 11.9 Å². The van der Waals surface area contributed by atoms with Gasteiger partial charge in [0, 0.05) is 33.4 Å². The number of ether oxygens (including phenoxy) is 3. The van der Waals surface area contributed by atoms with E-state index < -0.39 is 36.4 Å². The van der Waals surface area contributed by atoms with Crippen molar-refractivity contribution in [3.8, 4) is 0 Å². The van der Waals surface area contributed by atoms with E-state index in [1.807, 2.05) is 0 Å². The van der Waals surface area contributed by atoms with E-state index >= 15 is 0 Å². The van der Waals surface area contributed by atoms with Gasteiger partial charge in [-0.1, -0.05) is 18.2 Å². The van der Waals surface area contributed by atoms with Crippen LogP contribution in [0.5, 0.6) is 0 Å². The van der Waals surface area contributed by atoms with Crippen LogP contribution in [0.1, 0.15) is 37.4 Å². The van der Waals surface area contributed by atoms with Crippen LogP contribution in [0.25, 0.3) is 11.2 Å². The Labute approximate surface area is 211 Å². The molecule has 0 radical (unpaired) electrons. The Morgan fingerprint density at radius 1 is 1.05 bits per heavy atom. The maximum Gasteiger partial charge on any atom is 0.303 e. The second-order valence-corrected chi connectivity index (χ2v) is 8.43. The SMILES string of the molecule is CC(=O)OC[C@H]1O[C@H](n2cnc3c(NC(=O)c4ccccc4)ncnc32)[C@H](OC(C)=O)[C@H]1N(C)C(C)=O. The number of nitrogens with one attached hydrogen (secondary N) is 1. The van der Waals surface area contributed by atoms with Gasteiger partial charge in [0.05, 0.1) is 6.33 Å². The van der Waals surface area contributed by atoms with Crippen molar-refractivity contribution in [2.75, 3.05) is 19.0 Å². The summed E-state index contributed by atoms with van der Waals surface area (Å²) in [5, 5.41) is 2.73. The molecule has 0 bridgehead atoms. The van der Waals surface area contributed by atoms with Crippen LogP contribution >= 0.6 is 0 Å². The number of anilines is 1. The minimum atomic E-state index is -0.985. The number of nitrogens with zero attached hydrogens (tertiary/aromatic N) is 5. The lowest BCUT2D eigenvalue weighted by Gasteiger charge is -2.31. The van der Waals surface area contributed by atoms with Gasteiger partial charge in [-0.25, -0.2) is 15.0 Å². The van der Waals surface area contributed by atoms with Crippen molar-refractivity contribution in [2.24, 2.45) is 0 Å². The zero-order chi connectivity index (χ0) is 26.7. The lowest BCUT2D eigenvalue weighted by molar-refractivity contribution is -0.155. The van der Waals surface area contributed by atoms with Crippen molar-refractivity contribution in [1.29, 1.82) is 0 Å². The molecule has 0 spiro atoms. The highest BCUT2D eigenvalue weighted by molar-refractivity contribution is 6.06. The highest BCUT2D eigenvalue weighted by Gasteiger charge is 2.51. The van der Waals surface area contributed by atoms with E-state index in [2.05, 4.69) is 20.3 Å². The van der Waals surface area contributed by atoms with E-state index in [1.165, 1.54) is 42.9 Å². The van der Waals surface area contributed by atoms with E-state index in [-0.39, 0.29) is 35.4 Å². The summed E-state index contributed by atoms with van der Waals surface area (Å²) in [5.74, 6) is -1.63. The Morgan fingerprint density at radius 3 is 2.43 bits per heavy atom. The van der Waals surface area contributed by atoms with Crippen molar-refractivity contribution in [3.05, 3.63) is 48.5 Å². The fraction of sp³-hybridized carbons (Fsp3) is 0.375. The summed E-state index contributed by atoms with van der Waals surface area (Å²) in [7, 11) is 1.54. The summed E-state index contributed by atoms with van der Waals surface area (Å²) < 4.78 is 18.5. The van der Waals surface area contributed by atoms with Crippen molar-refractivity contribution < 1.29 is 33.4 Å². The van der Waals surface area contributed by atoms with E-state index in [4.69, 9.17) is 14.2 Å². The van der Waals surface area contributed by atoms with Gasteiger partial charge in [0.1, 0.15) is 25.1 Å². The van der Waals surface area contributed by atoms with Gasteiger partial charge in [0.15, 0.2) is 29.3 Å². The fourth-order valence-electron chi connectivity index (χ4n) is 4.18. The molecule has 0 unspecified atom stereocenters. The maximum atomic E-state index is 12.7. The number of aromatic nitrogens is 4. The topological polar surface area (TPSA) is 155 Å². The molecular formula is C24H26N6O7. The van der Waals surface area contributed by atoms with Crippen LogP contribution in [0.3, 0.4) is 0 Å². The molecule has 1 saturated heterocycles. The number of fused-ring (bicyclic) bond motifs is 1. The van der Waals surface area contributed by atoms with E-state index in [0.29, 0.717) is 5.56 Å². The Kier molecular flexibility index (Phi) is 7.43. The van der Waals surface area contributed by atoms with Gasteiger partial charge < -0.3 is 24.4 Å². The van der Waals surface area contributed by atoms with Crippen LogP contribution < -0.4 is 5.32 Å². The Hall–Kier alpha value is -4.39. The third-order valence-corrected chi connectivity index (χ3v) is 5.91. The zero-order valence-corrected chi connectivity index (χ0v) is 20.7. The van der Waals surface area contributed by atoms with Crippen LogP contribution in [0, 0.1) is 0 Å². The molecular weight excluding hydrogens is 484 g/mol. The lowest BCUT2D eigenvalue weighted by atomic mass is 10.1. The number of amides is 2. The van der Waals surface area contributed by atoms with Crippen LogP contribution in [0.4, 0.5) is 5.82 Å². The van der Waals surface area contributed by atoms with Gasteiger partial charge in [0.2, 0.25) is 5.91 Å². The average Bonchev–Trinajstić information content (AvgIpc) is 3.44. The largest absolute Gasteiger partial charge is 0.463 e. The number of likely N-dealkylation sites (N-methyl/N-ethyl adjacent to an activating group) is 1. The molecule has 1 fully saturated rings. The molecule has 13 nitrogen and oxygen atoms in total. The first-order chi connectivity index (χ1) is 17.7. The predicted molar refractivity (Wildman–Crippen MR) is 128 cm³/mol. The number of rotatable bonds is 7. The Bertz CT molecular complexity index is 1330. The molecule has 4 rings (SSSR count). The molecule has 2 aromatic heterocycles. The monoisotopic (exact) mass is 510 g/mol. The summed E-state index contributed by atoms with van der Waals surface area (Å²) in [6.45, 7) is 3.69. The zero-order valence-electron chi connectivity index (χ0n) is 20.7. The number of benzene rings is 1. The van der Waals surface area contributed by atoms with Gasteiger partial charge in [0.25, 0.3) is 5.91 Å². The molecule has 3 aromatic rings. The van der Waals surface area contributed by atoms with Gasteiger partial charge in [-0.05, 0) is 12.1 Å². The third-order valence-electron chi connectivity index (χ3n) is 5.91. The van der Waals surface area contributed by atoms with Gasteiger partial charge in [-0.3, -0.25) is 23.7 Å². The Morgan fingerprint density at radius 2 is 1.78 bits per heavy atom. The molecule has 1 N–H and O–H groups in total. The molecule has 1 aliphatic rings. The van der Waals surface area contributed by atoms with Crippen molar-refractivity contribution in [2.45, 2.75) is 45.2 Å². The summed E-state index contributed by atoms with van der Waals surface area (Å²) in [5.41, 5.74) is 1.00. The highest BCUT2D eigenvalue weighted by Crippen LogP contribution is 2.37. The highest BCUT2D eigenvalue weighted by atomic mass is 16.6. The first kappa shape index (κ1) is 25.7. The van der Waals surface area contributed by atoms with Crippen LogP contribution in [-0.2, 0) is 28.6 Å². The average molecular weight is 511 g/mol. The van der Waals surface area contributed by atoms with Crippen LogP contribution in [-0.4, -0.2) is 80.1 Å². The van der Waals surface area contributed by atoms with Crippen LogP contribution in [0.15, 0.2) is 43.0 Å². The number of carbonyl (C=O) groups excluding carboxylic acids is 4. The molecule has 194 valence electrons. The first-order valence-corrected chi connectivity index (χ1v) is 11.4. The standard InChI is InChI=1S/C24H26N6O7/c1-13(31)29(4)19-17(10-35-14(2)32)37-24(20(19)36-15(3)33)30-12-27-18-21(25-11-26-22(18)30)28-23(34)16-8-6-5-7-9-16/h5-9,11-12,17,19-20,24H,10H2,1-4H3,(H,25,26,28,34)/t17-,19+,20-,24+/m1/s1. The minimum absolute atomic E-state index is 0.175. The second-order valence-electron chi connectivity index (χ2n) is 8.43. The number of esters is 2. The quantitative estimate of drug-likeness (QED) is 0.460. The molecule has 3 heterocycles. The normalized spacial score (nSPS) is 20.9. The first-order valence-electron chi connectivity index (χ1n) is 11.4. The van der Waals surface area contributed by atoms with Gasteiger partial charge in [-0.15, -0.1) is 0 Å². The molecule has 1 aromatic carbocycles. The summed E-state index contributed by atoms with van der Waals surface area (Å²) >= 11 is 0. The predicted octanol–water partition coefficient (Wildman–Crippen LogP) is 1.32. The molecule has 0 saturated carbocycles. The fourth-order valence-corrected chi connectivity index (χ4v) is 4.18. The van der Waals surface area contributed by atoms with E-state index in [0.717, 1.165) is 0 Å². The summed E-state index contributed by atoms with van der Waals surface area (Å²) in [6, 6.07) is 7.84. The summed E-state index contributed by atoms with van der Waals surface area (Å²) in [4.78, 5) is 62.6. The number of imidazole rings is 1. The maximum absolute atomic E-state index is 12.7. The summed E-state index contributed by atoms with van der Waals surface area (Å²) in [6.07, 6.45) is -0.108. The molecule has 0 aliphatic carbocycles. The van der Waals surface area contributed by atoms with Gasteiger partial charge in [-0.2, -0.15) is 0 Å². The van der Waals surface area contributed by atoms with E-state index in [1.54, 1.807) is 37.4 Å². The van der Waals surface area contributed by atoms with Crippen LogP contribution in [0.2, 0.25) is 0 Å². The van der Waals surface area contributed by atoms with Crippen molar-refractivity contribution in [1.82, 2.24) is 24.4 Å². The molecule has 2 amide bonds. The van der Waals surface area contributed by atoms with Crippen molar-refractivity contribution in [3.63, 3.8) is 0 Å². The molecule has 1 aliphatic heterocycles. The number of hydrogen-bond donors (Lipinski definition) is 1. The number of hydrogen-bond acceptors (Lipinski definition) is 10. The second kappa shape index (κ2) is 10.7. The number of carbonyl (C=O) groups is 4. The lowest BCUT2D eigenvalue weighted by Crippen LogP contribution is -2.50. The minimum Gasteiger partial charge on any atom is -0.463 e. The molecule has 4 atom stereocenters. The molecule has 13 heteroatoms. The van der Waals surface area contributed by atoms with E-state index in [9.17, 15) is 19.2 Å². The third kappa shape index (κ3) is 5.40. The van der Waals surface area contributed by atoms with Crippen molar-refractivity contribution >= 4 is 40.7 Å². The Balaban J connectivity index is 1.71. The molecule has 37 heavy (non-hydrogen) atoms.